The molecular weight excluding hydrogens is 350 g/mol. The Morgan fingerprint density at radius 1 is 1.48 bits per heavy atom. The van der Waals surface area contributed by atoms with E-state index in [4.69, 9.17) is 10.9 Å². The van der Waals surface area contributed by atoms with E-state index < -0.39 is 23.3 Å². The van der Waals surface area contributed by atoms with Gasteiger partial charge in [0.05, 0.1) is 11.0 Å². The number of aryl methyl sites for hydroxylation is 1. The van der Waals surface area contributed by atoms with Crippen LogP contribution >= 0.6 is 0 Å². The van der Waals surface area contributed by atoms with E-state index in [-0.39, 0.29) is 18.7 Å². The summed E-state index contributed by atoms with van der Waals surface area (Å²) >= 11 is 0. The molecule has 0 aliphatic carbocycles. The number of hydrogen-bond donors (Lipinski definition) is 4. The van der Waals surface area contributed by atoms with Crippen molar-refractivity contribution >= 4 is 28.8 Å². The molecule has 2 heterocycles. The first-order valence-electron chi connectivity index (χ1n) is 8.76. The van der Waals surface area contributed by atoms with Crippen LogP contribution in [0, 0.1) is 6.92 Å². The third kappa shape index (κ3) is 3.37. The number of nitrogens with one attached hydrogen (secondary N) is 2. The van der Waals surface area contributed by atoms with Gasteiger partial charge >= 0.3 is 0 Å². The number of carbonyl (C=O) groups excluding carboxylic acids is 3. The standard InChI is InChI=1S/C18H23N5O4/c1-10-3-4-11-12(9-10)21-16(20-11)18(2)7-8-23(17(18)26)13(15(25)22-27)5-6-14(19)24/h3-4,9,13,27H,5-8H2,1-2H3,(H2,19,24)(H,20,21)(H,22,25). The molecule has 9 nitrogen and oxygen atoms in total. The number of hydroxylamine groups is 1. The minimum absolute atomic E-state index is 0.0445. The van der Waals surface area contributed by atoms with Crippen LogP contribution < -0.4 is 11.2 Å². The van der Waals surface area contributed by atoms with E-state index in [1.54, 1.807) is 12.4 Å². The predicted molar refractivity (Wildman–Crippen MR) is 96.7 cm³/mol. The SMILES string of the molecule is Cc1ccc2nc(C3(C)CCN(C(CCC(N)=O)C(=O)NO)C3=O)[nH]c2c1. The average molecular weight is 373 g/mol. The van der Waals surface area contributed by atoms with Crippen LogP contribution in [-0.4, -0.2) is 50.4 Å². The van der Waals surface area contributed by atoms with Crippen molar-refractivity contribution < 1.29 is 19.6 Å². The highest BCUT2D eigenvalue weighted by molar-refractivity contribution is 5.94. The summed E-state index contributed by atoms with van der Waals surface area (Å²) in [7, 11) is 0. The Morgan fingerprint density at radius 2 is 2.22 bits per heavy atom. The number of amides is 3. The van der Waals surface area contributed by atoms with E-state index in [9.17, 15) is 14.4 Å². The number of H-pyrrole nitrogens is 1. The Bertz CT molecular complexity index is 908. The Hall–Kier alpha value is -2.94. The van der Waals surface area contributed by atoms with E-state index in [0.717, 1.165) is 16.6 Å². The van der Waals surface area contributed by atoms with Gasteiger partial charge in [-0.15, -0.1) is 0 Å². The second-order valence-corrected chi connectivity index (χ2v) is 7.18. The Labute approximate surface area is 155 Å². The highest BCUT2D eigenvalue weighted by Gasteiger charge is 2.49. The van der Waals surface area contributed by atoms with Gasteiger partial charge in [-0.2, -0.15) is 0 Å². The number of aromatic amines is 1. The van der Waals surface area contributed by atoms with E-state index in [2.05, 4.69) is 9.97 Å². The molecule has 9 heteroatoms. The van der Waals surface area contributed by atoms with Crippen molar-refractivity contribution in [2.75, 3.05) is 6.54 Å². The van der Waals surface area contributed by atoms with E-state index >= 15 is 0 Å². The maximum atomic E-state index is 13.2. The van der Waals surface area contributed by atoms with Crippen LogP contribution in [0.2, 0.25) is 0 Å². The topological polar surface area (TPSA) is 141 Å². The van der Waals surface area contributed by atoms with Crippen LogP contribution in [0.1, 0.15) is 37.6 Å². The van der Waals surface area contributed by atoms with Gasteiger partial charge in [0.15, 0.2) is 0 Å². The molecule has 1 saturated heterocycles. The van der Waals surface area contributed by atoms with E-state index in [1.807, 2.05) is 25.1 Å². The fourth-order valence-corrected chi connectivity index (χ4v) is 3.55. The summed E-state index contributed by atoms with van der Waals surface area (Å²) in [6, 6.07) is 4.83. The molecule has 144 valence electrons. The molecule has 3 rings (SSSR count). The molecule has 2 aromatic rings. The van der Waals surface area contributed by atoms with Crippen molar-refractivity contribution in [3.63, 3.8) is 0 Å². The molecule has 0 bridgehead atoms. The first-order valence-corrected chi connectivity index (χ1v) is 8.76. The molecule has 5 N–H and O–H groups in total. The van der Waals surface area contributed by atoms with Crippen LogP contribution in [0.3, 0.4) is 0 Å². The quantitative estimate of drug-likeness (QED) is 0.431. The largest absolute Gasteiger partial charge is 0.370 e. The normalized spacial score (nSPS) is 20.9. The van der Waals surface area contributed by atoms with E-state index in [1.165, 1.54) is 4.90 Å². The number of nitrogens with two attached hydrogens (primary N) is 1. The predicted octanol–water partition coefficient (Wildman–Crippen LogP) is 0.501. The van der Waals surface area contributed by atoms with Crippen LogP contribution in [0.4, 0.5) is 0 Å². The van der Waals surface area contributed by atoms with Gasteiger partial charge in [0.1, 0.15) is 17.3 Å². The number of primary amides is 1. The molecule has 3 amide bonds. The van der Waals surface area contributed by atoms with Crippen LogP contribution in [0.5, 0.6) is 0 Å². The third-order valence-corrected chi connectivity index (χ3v) is 5.20. The van der Waals surface area contributed by atoms with Crippen molar-refractivity contribution in [1.29, 1.82) is 0 Å². The van der Waals surface area contributed by atoms with Crippen molar-refractivity contribution in [3.8, 4) is 0 Å². The summed E-state index contributed by atoms with van der Waals surface area (Å²) in [6.45, 7) is 4.06. The maximum Gasteiger partial charge on any atom is 0.266 e. The number of nitrogens with zero attached hydrogens (tertiary/aromatic N) is 2. The van der Waals surface area contributed by atoms with E-state index in [0.29, 0.717) is 18.8 Å². The number of carbonyl (C=O) groups is 3. The van der Waals surface area contributed by atoms with Gasteiger partial charge in [0.2, 0.25) is 11.8 Å². The minimum atomic E-state index is -0.969. The fraction of sp³-hybridized carbons (Fsp3) is 0.444. The fourth-order valence-electron chi connectivity index (χ4n) is 3.55. The van der Waals surface area contributed by atoms with Crippen LogP contribution in [0.25, 0.3) is 11.0 Å². The molecule has 27 heavy (non-hydrogen) atoms. The number of imidazole rings is 1. The zero-order chi connectivity index (χ0) is 19.8. The Morgan fingerprint density at radius 3 is 2.89 bits per heavy atom. The molecule has 1 fully saturated rings. The van der Waals surface area contributed by atoms with Gasteiger partial charge in [-0.25, -0.2) is 10.5 Å². The third-order valence-electron chi connectivity index (χ3n) is 5.20. The lowest BCUT2D eigenvalue weighted by molar-refractivity contribution is -0.144. The molecule has 0 saturated carbocycles. The Kier molecular flexibility index (Phi) is 4.88. The van der Waals surface area contributed by atoms with Crippen molar-refractivity contribution in [3.05, 3.63) is 29.6 Å². The lowest BCUT2D eigenvalue weighted by atomic mass is 9.88. The first kappa shape index (κ1) is 18.8. The van der Waals surface area contributed by atoms with Gasteiger partial charge in [-0.05, 0) is 44.4 Å². The monoisotopic (exact) mass is 373 g/mol. The zero-order valence-electron chi connectivity index (χ0n) is 15.3. The molecule has 1 aliphatic heterocycles. The minimum Gasteiger partial charge on any atom is -0.370 e. The number of benzene rings is 1. The Balaban J connectivity index is 1.90. The first-order chi connectivity index (χ1) is 12.8. The number of hydrogen-bond acceptors (Lipinski definition) is 5. The highest BCUT2D eigenvalue weighted by Crippen LogP contribution is 2.36. The molecule has 0 radical (unpaired) electrons. The molecule has 1 aromatic carbocycles. The highest BCUT2D eigenvalue weighted by atomic mass is 16.5. The zero-order valence-corrected chi connectivity index (χ0v) is 15.3. The molecule has 2 unspecified atom stereocenters. The lowest BCUT2D eigenvalue weighted by Gasteiger charge is -2.28. The maximum absolute atomic E-state index is 13.2. The summed E-state index contributed by atoms with van der Waals surface area (Å²) in [5.41, 5.74) is 8.50. The molecule has 1 aliphatic rings. The van der Waals surface area contributed by atoms with Gasteiger partial charge in [-0.3, -0.25) is 19.6 Å². The second-order valence-electron chi connectivity index (χ2n) is 7.18. The number of likely N-dealkylation sites (tertiary alicyclic amines) is 1. The second kappa shape index (κ2) is 6.99. The lowest BCUT2D eigenvalue weighted by Crippen LogP contribution is -2.49. The van der Waals surface area contributed by atoms with Crippen molar-refractivity contribution in [2.24, 2.45) is 5.73 Å². The number of rotatable bonds is 6. The molecule has 0 spiro atoms. The number of aromatic nitrogens is 2. The van der Waals surface area contributed by atoms with Crippen molar-refractivity contribution in [2.45, 2.75) is 44.6 Å². The van der Waals surface area contributed by atoms with Crippen molar-refractivity contribution in [1.82, 2.24) is 20.3 Å². The molecule has 2 atom stereocenters. The number of fused-ring (bicyclic) bond motifs is 1. The average Bonchev–Trinajstić information content (AvgIpc) is 3.18. The van der Waals surface area contributed by atoms with Crippen LogP contribution in [-0.2, 0) is 19.8 Å². The summed E-state index contributed by atoms with van der Waals surface area (Å²) < 4.78 is 0. The van der Waals surface area contributed by atoms with Gasteiger partial charge < -0.3 is 15.6 Å². The summed E-state index contributed by atoms with van der Waals surface area (Å²) in [6.07, 6.45) is 0.432. The molecular formula is C18H23N5O4. The van der Waals surface area contributed by atoms with Gasteiger partial charge in [0, 0.05) is 13.0 Å². The molecule has 1 aromatic heterocycles. The summed E-state index contributed by atoms with van der Waals surface area (Å²) in [5.74, 6) is -1.06. The summed E-state index contributed by atoms with van der Waals surface area (Å²) in [5, 5.41) is 9.01. The smallest absolute Gasteiger partial charge is 0.266 e. The van der Waals surface area contributed by atoms with Gasteiger partial charge in [-0.1, -0.05) is 6.07 Å². The summed E-state index contributed by atoms with van der Waals surface area (Å²) in [4.78, 5) is 45.5. The van der Waals surface area contributed by atoms with Crippen LogP contribution in [0.15, 0.2) is 18.2 Å². The van der Waals surface area contributed by atoms with Gasteiger partial charge in [0.25, 0.3) is 5.91 Å².